The van der Waals surface area contributed by atoms with Gasteiger partial charge in [0.05, 0.1) is 0 Å². The summed E-state index contributed by atoms with van der Waals surface area (Å²) in [5, 5.41) is 2.55. The summed E-state index contributed by atoms with van der Waals surface area (Å²) in [6.07, 6.45) is 15.0. The van der Waals surface area contributed by atoms with E-state index >= 15 is 0 Å². The molecule has 1 N–H and O–H groups in total. The van der Waals surface area contributed by atoms with Crippen molar-refractivity contribution in [3.05, 3.63) is 24.3 Å². The van der Waals surface area contributed by atoms with Crippen LogP contribution >= 0.6 is 0 Å². The number of carbonyl (C=O) groups is 1. The number of hydrogen-bond acceptors (Lipinski definition) is 1. The third-order valence-electron chi connectivity index (χ3n) is 2.16. The van der Waals surface area contributed by atoms with Gasteiger partial charge in [-0.1, -0.05) is 38.0 Å². The van der Waals surface area contributed by atoms with Gasteiger partial charge in [-0.15, -0.1) is 0 Å². The van der Waals surface area contributed by atoms with Crippen LogP contribution in [0.25, 0.3) is 0 Å². The Kier molecular flexibility index (Phi) is 10.3. The van der Waals surface area contributed by atoms with Crippen molar-refractivity contribution in [3.63, 3.8) is 0 Å². The van der Waals surface area contributed by atoms with E-state index in [2.05, 4.69) is 24.4 Å². The smallest absolute Gasteiger partial charge is 0.243 e. The van der Waals surface area contributed by atoms with Gasteiger partial charge in [0.1, 0.15) is 0 Å². The Morgan fingerprint density at radius 3 is 2.40 bits per heavy atom. The molecule has 0 saturated carbocycles. The second kappa shape index (κ2) is 11.0. The van der Waals surface area contributed by atoms with E-state index in [0.717, 1.165) is 12.8 Å². The van der Waals surface area contributed by atoms with Gasteiger partial charge in [-0.2, -0.15) is 0 Å². The van der Waals surface area contributed by atoms with Crippen molar-refractivity contribution >= 4 is 5.91 Å². The van der Waals surface area contributed by atoms with Crippen LogP contribution in [0.2, 0.25) is 0 Å². The summed E-state index contributed by atoms with van der Waals surface area (Å²) in [5.41, 5.74) is 0. The van der Waals surface area contributed by atoms with E-state index in [-0.39, 0.29) is 5.91 Å². The molecule has 1 amide bonds. The van der Waals surface area contributed by atoms with Crippen molar-refractivity contribution in [1.29, 1.82) is 0 Å². The summed E-state index contributed by atoms with van der Waals surface area (Å²) in [5.74, 6) is -0.0260. The largest absolute Gasteiger partial charge is 0.356 e. The monoisotopic (exact) mass is 209 g/mol. The average Bonchev–Trinajstić information content (AvgIpc) is 2.26. The topological polar surface area (TPSA) is 29.1 Å². The molecule has 0 radical (unpaired) electrons. The van der Waals surface area contributed by atoms with Gasteiger partial charge in [-0.05, 0) is 31.8 Å². The van der Waals surface area contributed by atoms with Gasteiger partial charge < -0.3 is 5.32 Å². The number of hydrogen-bond donors (Lipinski definition) is 1. The normalized spacial score (nSPS) is 11.3. The first-order valence-corrected chi connectivity index (χ1v) is 5.84. The number of rotatable bonds is 8. The van der Waals surface area contributed by atoms with Gasteiger partial charge in [-0.25, -0.2) is 0 Å². The summed E-state index contributed by atoms with van der Waals surface area (Å²) in [6.45, 7) is 2.22. The second-order valence-electron chi connectivity index (χ2n) is 3.56. The molecule has 0 bridgehead atoms. The standard InChI is InChI=1S/C13H23NO/c1-3-4-5-6-7-8-9-10-11-12-13(15)14-2/h7-8,11-12H,3-6,9-10H2,1-2H3,(H,14,15)/b8-7-,12-11+. The minimum Gasteiger partial charge on any atom is -0.356 e. The van der Waals surface area contributed by atoms with E-state index in [1.165, 1.54) is 25.7 Å². The van der Waals surface area contributed by atoms with Crippen molar-refractivity contribution in [2.24, 2.45) is 0 Å². The number of unbranched alkanes of at least 4 members (excludes halogenated alkanes) is 4. The molecule has 0 unspecified atom stereocenters. The van der Waals surface area contributed by atoms with Gasteiger partial charge in [0, 0.05) is 7.05 Å². The lowest BCUT2D eigenvalue weighted by atomic mass is 10.2. The van der Waals surface area contributed by atoms with Crippen LogP contribution in [-0.4, -0.2) is 13.0 Å². The maximum Gasteiger partial charge on any atom is 0.243 e. The predicted octanol–water partition coefficient (Wildman–Crippen LogP) is 3.21. The molecule has 0 aromatic heterocycles. The van der Waals surface area contributed by atoms with Gasteiger partial charge in [0.15, 0.2) is 0 Å². The van der Waals surface area contributed by atoms with E-state index in [1.807, 2.05) is 6.08 Å². The van der Waals surface area contributed by atoms with Crippen LogP contribution in [0.1, 0.15) is 45.4 Å². The highest BCUT2D eigenvalue weighted by atomic mass is 16.1. The number of carbonyl (C=O) groups excluding carboxylic acids is 1. The molecule has 0 aromatic rings. The summed E-state index contributed by atoms with van der Waals surface area (Å²) >= 11 is 0. The van der Waals surface area contributed by atoms with Crippen molar-refractivity contribution in [1.82, 2.24) is 5.32 Å². The number of allylic oxidation sites excluding steroid dienone is 3. The highest BCUT2D eigenvalue weighted by Gasteiger charge is 1.86. The molecule has 86 valence electrons. The second-order valence-corrected chi connectivity index (χ2v) is 3.56. The first kappa shape index (κ1) is 13.9. The fourth-order valence-electron chi connectivity index (χ4n) is 1.21. The van der Waals surface area contributed by atoms with E-state index in [9.17, 15) is 4.79 Å². The number of likely N-dealkylation sites (N-methyl/N-ethyl adjacent to an activating group) is 1. The molecular weight excluding hydrogens is 186 g/mol. The van der Waals surface area contributed by atoms with Gasteiger partial charge >= 0.3 is 0 Å². The summed E-state index contributed by atoms with van der Waals surface area (Å²) < 4.78 is 0. The van der Waals surface area contributed by atoms with Crippen LogP contribution in [0, 0.1) is 0 Å². The van der Waals surface area contributed by atoms with Crippen LogP contribution in [0.15, 0.2) is 24.3 Å². The first-order chi connectivity index (χ1) is 7.31. The van der Waals surface area contributed by atoms with Gasteiger partial charge in [0.25, 0.3) is 0 Å². The van der Waals surface area contributed by atoms with Crippen molar-refractivity contribution in [2.45, 2.75) is 45.4 Å². The molecule has 0 rings (SSSR count). The Hall–Kier alpha value is -1.05. The third-order valence-corrected chi connectivity index (χ3v) is 2.16. The highest BCUT2D eigenvalue weighted by Crippen LogP contribution is 2.01. The molecule has 0 saturated heterocycles. The zero-order valence-corrected chi connectivity index (χ0v) is 9.96. The lowest BCUT2D eigenvalue weighted by Gasteiger charge is -1.92. The van der Waals surface area contributed by atoms with Gasteiger partial charge in [-0.3, -0.25) is 4.79 Å². The van der Waals surface area contributed by atoms with Crippen LogP contribution in [0.5, 0.6) is 0 Å². The molecule has 0 heterocycles. The lowest BCUT2D eigenvalue weighted by Crippen LogP contribution is -2.13. The summed E-state index contributed by atoms with van der Waals surface area (Å²) in [7, 11) is 1.64. The molecule has 0 aliphatic carbocycles. The lowest BCUT2D eigenvalue weighted by molar-refractivity contribution is -0.116. The first-order valence-electron chi connectivity index (χ1n) is 5.84. The van der Waals surface area contributed by atoms with Crippen molar-refractivity contribution in [3.8, 4) is 0 Å². The van der Waals surface area contributed by atoms with Crippen molar-refractivity contribution < 1.29 is 4.79 Å². The van der Waals surface area contributed by atoms with Crippen molar-refractivity contribution in [2.75, 3.05) is 7.05 Å². The Morgan fingerprint density at radius 2 is 1.73 bits per heavy atom. The Labute approximate surface area is 93.5 Å². The SMILES string of the molecule is CCCCC/C=C\CC/C=C/C(=O)NC. The van der Waals surface area contributed by atoms with E-state index in [1.54, 1.807) is 13.1 Å². The zero-order valence-electron chi connectivity index (χ0n) is 9.96. The molecule has 2 nitrogen and oxygen atoms in total. The fourth-order valence-corrected chi connectivity index (χ4v) is 1.21. The highest BCUT2D eigenvalue weighted by molar-refractivity contribution is 5.87. The molecule has 0 aliphatic heterocycles. The Bertz CT molecular complexity index is 207. The minimum atomic E-state index is -0.0260. The maximum absolute atomic E-state index is 10.8. The van der Waals surface area contributed by atoms with Crippen LogP contribution in [0.4, 0.5) is 0 Å². The molecule has 2 heteroatoms. The quantitative estimate of drug-likeness (QED) is 0.371. The number of amides is 1. The van der Waals surface area contributed by atoms with Crippen LogP contribution in [0.3, 0.4) is 0 Å². The minimum absolute atomic E-state index is 0.0260. The molecule has 0 fully saturated rings. The van der Waals surface area contributed by atoms with E-state index < -0.39 is 0 Å². The molecule has 0 aliphatic rings. The van der Waals surface area contributed by atoms with E-state index in [4.69, 9.17) is 0 Å². The maximum atomic E-state index is 10.8. The summed E-state index contributed by atoms with van der Waals surface area (Å²) in [4.78, 5) is 10.8. The fraction of sp³-hybridized carbons (Fsp3) is 0.615. The van der Waals surface area contributed by atoms with Crippen LogP contribution in [-0.2, 0) is 4.79 Å². The average molecular weight is 209 g/mol. The molecule has 15 heavy (non-hydrogen) atoms. The molecular formula is C13H23NO. The molecule has 0 atom stereocenters. The van der Waals surface area contributed by atoms with E-state index in [0.29, 0.717) is 0 Å². The third kappa shape index (κ3) is 10.9. The Balaban J connectivity index is 3.30. The van der Waals surface area contributed by atoms with Gasteiger partial charge in [0.2, 0.25) is 5.91 Å². The molecule has 0 spiro atoms. The Morgan fingerprint density at radius 1 is 1.07 bits per heavy atom. The molecule has 0 aromatic carbocycles. The summed E-state index contributed by atoms with van der Waals surface area (Å²) in [6, 6.07) is 0. The predicted molar refractivity (Wildman–Crippen MR) is 65.7 cm³/mol. The zero-order chi connectivity index (χ0) is 11.4. The number of nitrogens with one attached hydrogen (secondary N) is 1. The van der Waals surface area contributed by atoms with Crippen LogP contribution < -0.4 is 5.32 Å².